The van der Waals surface area contributed by atoms with E-state index in [0.29, 0.717) is 0 Å². The van der Waals surface area contributed by atoms with E-state index >= 15 is 0 Å². The second-order valence-electron chi connectivity index (χ2n) is 12.0. The van der Waals surface area contributed by atoms with Gasteiger partial charge in [0.05, 0.1) is 16.9 Å². The quantitative estimate of drug-likeness (QED) is 0.311. The Bertz CT molecular complexity index is 1300. The minimum Gasteiger partial charge on any atom is -0.458 e. The summed E-state index contributed by atoms with van der Waals surface area (Å²) >= 11 is 0. The number of esters is 4. The van der Waals surface area contributed by atoms with Crippen molar-refractivity contribution in [2.24, 2.45) is 16.2 Å². The molecule has 2 aliphatic carbocycles. The van der Waals surface area contributed by atoms with Crippen molar-refractivity contribution in [2.45, 2.75) is 88.7 Å². The van der Waals surface area contributed by atoms with Crippen molar-refractivity contribution in [1.29, 1.82) is 0 Å². The first kappa shape index (κ1) is 24.4. The van der Waals surface area contributed by atoms with Gasteiger partial charge < -0.3 is 28.8 Å². The van der Waals surface area contributed by atoms with Crippen LogP contribution < -0.4 is 0 Å². The molecule has 0 aromatic rings. The number of aliphatic hydroxyl groups excluding tert-OH is 1. The summed E-state index contributed by atoms with van der Waals surface area (Å²) in [6, 6.07) is 0. The maximum absolute atomic E-state index is 14.0. The van der Waals surface area contributed by atoms with Crippen LogP contribution in [-0.2, 0) is 42.9 Å². The first-order valence-corrected chi connectivity index (χ1v) is 12.3. The second-order valence-corrected chi connectivity index (χ2v) is 12.0. The molecule has 0 amide bonds. The van der Waals surface area contributed by atoms with Gasteiger partial charge in [0.15, 0.2) is 11.7 Å². The molecule has 0 radical (unpaired) electrons. The van der Waals surface area contributed by atoms with Gasteiger partial charge in [-0.1, -0.05) is 26.2 Å². The predicted molar refractivity (Wildman–Crippen MR) is 123 cm³/mol. The third-order valence-electron chi connectivity index (χ3n) is 10.5. The molecule has 6 aliphatic rings. The highest BCUT2D eigenvalue weighted by Crippen LogP contribution is 2.84. The normalized spacial score (nSPS) is 52.4. The van der Waals surface area contributed by atoms with E-state index in [2.05, 4.69) is 13.2 Å². The van der Waals surface area contributed by atoms with Gasteiger partial charge in [0, 0.05) is 13.0 Å². The lowest BCUT2D eigenvalue weighted by molar-refractivity contribution is -0.262. The fraction of sp³-hybridized carbons (Fsp3) is 0.630. The standard InChI is InChI=1S/C27H30O10/c1-12-22(7)18(34-15(4)28)26-13(2)24(10-9-17(30)35-21(24,5)6)11-16(29)23(26,8)25(12)19(31)33-14(3)27(25,37-26)20(32)36-22/h9-10,14,16,18,29H,1-2,11H2,3-8H3/t14-,16-,18-,22-,23-,24-,25-,26+,27+/m0/s1. The molecule has 1 N–H and O–H groups in total. The fourth-order valence-electron chi connectivity index (χ4n) is 8.75. The Hall–Kier alpha value is -2.98. The average molecular weight is 515 g/mol. The van der Waals surface area contributed by atoms with E-state index in [1.807, 2.05) is 0 Å². The number of cyclic esters (lactones) is 2. The number of carbonyl (C=O) groups excluding carboxylic acids is 4. The Labute approximate surface area is 213 Å². The fourth-order valence-corrected chi connectivity index (χ4v) is 8.75. The molecule has 6 rings (SSSR count). The van der Waals surface area contributed by atoms with Crippen LogP contribution in [0.4, 0.5) is 0 Å². The summed E-state index contributed by atoms with van der Waals surface area (Å²) in [7, 11) is 0. The Morgan fingerprint density at radius 2 is 1.70 bits per heavy atom. The number of ether oxygens (including phenoxy) is 5. The maximum atomic E-state index is 14.0. The monoisotopic (exact) mass is 514 g/mol. The number of rotatable bonds is 1. The molecular weight excluding hydrogens is 484 g/mol. The van der Waals surface area contributed by atoms with Gasteiger partial charge in [-0.2, -0.15) is 0 Å². The van der Waals surface area contributed by atoms with E-state index in [1.54, 1.807) is 26.8 Å². The van der Waals surface area contributed by atoms with Gasteiger partial charge >= 0.3 is 23.9 Å². The van der Waals surface area contributed by atoms with Crippen molar-refractivity contribution >= 4 is 23.9 Å². The molecule has 5 fully saturated rings. The van der Waals surface area contributed by atoms with Gasteiger partial charge in [0.25, 0.3) is 0 Å². The molecule has 198 valence electrons. The van der Waals surface area contributed by atoms with E-state index in [0.717, 1.165) is 0 Å². The Balaban J connectivity index is 1.77. The zero-order chi connectivity index (χ0) is 27.4. The van der Waals surface area contributed by atoms with E-state index < -0.39 is 80.8 Å². The van der Waals surface area contributed by atoms with Crippen molar-refractivity contribution in [3.63, 3.8) is 0 Å². The molecule has 0 aromatic carbocycles. The zero-order valence-corrected chi connectivity index (χ0v) is 21.6. The summed E-state index contributed by atoms with van der Waals surface area (Å²) in [6.45, 7) is 17.9. The molecule has 4 aliphatic heterocycles. The summed E-state index contributed by atoms with van der Waals surface area (Å²) in [4.78, 5) is 52.7. The van der Waals surface area contributed by atoms with Crippen LogP contribution >= 0.6 is 0 Å². The summed E-state index contributed by atoms with van der Waals surface area (Å²) in [5.41, 5.74) is -11.1. The molecule has 0 unspecified atom stereocenters. The zero-order valence-electron chi connectivity index (χ0n) is 21.6. The van der Waals surface area contributed by atoms with Crippen LogP contribution in [0.3, 0.4) is 0 Å². The maximum Gasteiger partial charge on any atom is 0.345 e. The molecule has 4 heterocycles. The lowest BCUT2D eigenvalue weighted by Crippen LogP contribution is -2.82. The van der Waals surface area contributed by atoms with Gasteiger partial charge in [0.1, 0.15) is 22.7 Å². The highest BCUT2D eigenvalue weighted by atomic mass is 16.7. The molecule has 10 nitrogen and oxygen atoms in total. The SMILES string of the molecule is C=C1[C@@]23C(=O)O[C@@H](C)[C@]24O[C@]2(C(=C)[C@]5(C=CC(=O)OC5(C)C)C[C@H](O)[C@@]32C)[C@@H](OC(C)=O)[C@@]1(C)OC4=O. The molecule has 0 aromatic heterocycles. The number of carbonyl (C=O) groups is 4. The average Bonchev–Trinajstić information content (AvgIpc) is 3.10. The van der Waals surface area contributed by atoms with E-state index in [9.17, 15) is 24.3 Å². The predicted octanol–water partition coefficient (Wildman–Crippen LogP) is 1.45. The number of hydrogen-bond donors (Lipinski definition) is 1. The molecule has 37 heavy (non-hydrogen) atoms. The lowest BCUT2D eigenvalue weighted by Gasteiger charge is -2.69. The van der Waals surface area contributed by atoms with Crippen LogP contribution in [0.15, 0.2) is 36.5 Å². The summed E-state index contributed by atoms with van der Waals surface area (Å²) in [5, 5.41) is 12.1. The Morgan fingerprint density at radius 3 is 2.30 bits per heavy atom. The molecule has 10 heteroatoms. The lowest BCUT2D eigenvalue weighted by atomic mass is 9.35. The number of fused-ring (bicyclic) bond motifs is 1. The van der Waals surface area contributed by atoms with Gasteiger partial charge in [-0.3, -0.25) is 9.59 Å². The van der Waals surface area contributed by atoms with Crippen LogP contribution in [0.5, 0.6) is 0 Å². The van der Waals surface area contributed by atoms with Gasteiger partial charge in [-0.05, 0) is 45.3 Å². The van der Waals surface area contributed by atoms with Crippen molar-refractivity contribution in [3.8, 4) is 0 Å². The van der Waals surface area contributed by atoms with Gasteiger partial charge in [0.2, 0.25) is 5.60 Å². The van der Waals surface area contributed by atoms with Crippen LogP contribution in [0.25, 0.3) is 0 Å². The summed E-state index contributed by atoms with van der Waals surface area (Å²) < 4.78 is 30.1. The molecule has 2 saturated carbocycles. The topological polar surface area (TPSA) is 135 Å². The van der Waals surface area contributed by atoms with Crippen LogP contribution in [-0.4, -0.2) is 69.7 Å². The van der Waals surface area contributed by atoms with Gasteiger partial charge in [-0.25, -0.2) is 9.59 Å². The number of hydrogen-bond acceptors (Lipinski definition) is 10. The number of aliphatic hydroxyl groups is 1. The Kier molecular flexibility index (Phi) is 4.07. The van der Waals surface area contributed by atoms with E-state index in [-0.39, 0.29) is 17.6 Å². The highest BCUT2D eigenvalue weighted by Gasteiger charge is 3.00. The Morgan fingerprint density at radius 1 is 1.05 bits per heavy atom. The van der Waals surface area contributed by atoms with E-state index in [4.69, 9.17) is 23.7 Å². The minimum atomic E-state index is -2.03. The smallest absolute Gasteiger partial charge is 0.345 e. The third kappa shape index (κ3) is 1.94. The highest BCUT2D eigenvalue weighted by molar-refractivity contribution is 6.03. The van der Waals surface area contributed by atoms with Crippen molar-refractivity contribution < 1.29 is 48.0 Å². The van der Waals surface area contributed by atoms with E-state index in [1.165, 1.54) is 26.8 Å². The second kappa shape index (κ2) is 6.18. The first-order chi connectivity index (χ1) is 17.0. The van der Waals surface area contributed by atoms with Gasteiger partial charge in [-0.15, -0.1) is 0 Å². The molecule has 3 bridgehead atoms. The largest absolute Gasteiger partial charge is 0.458 e. The van der Waals surface area contributed by atoms with Crippen LogP contribution in [0.1, 0.15) is 48.0 Å². The van der Waals surface area contributed by atoms with Crippen molar-refractivity contribution in [1.82, 2.24) is 0 Å². The third-order valence-corrected chi connectivity index (χ3v) is 10.5. The molecule has 3 saturated heterocycles. The van der Waals surface area contributed by atoms with Crippen LogP contribution in [0, 0.1) is 16.2 Å². The minimum absolute atomic E-state index is 0.0322. The summed E-state index contributed by atoms with van der Waals surface area (Å²) in [5.74, 6) is -2.92. The summed E-state index contributed by atoms with van der Waals surface area (Å²) in [6.07, 6.45) is -1.02. The first-order valence-electron chi connectivity index (χ1n) is 12.3. The molecule has 2 spiro atoms. The van der Waals surface area contributed by atoms with Crippen molar-refractivity contribution in [3.05, 3.63) is 36.5 Å². The molecule has 9 atom stereocenters. The van der Waals surface area contributed by atoms with Crippen molar-refractivity contribution in [2.75, 3.05) is 0 Å². The van der Waals surface area contributed by atoms with Crippen LogP contribution in [0.2, 0.25) is 0 Å². The molecular formula is C27H30O10.